The smallest absolute Gasteiger partial charge is 0.142 e. The second kappa shape index (κ2) is 5.02. The maximum Gasteiger partial charge on any atom is 0.142 e. The molecule has 1 aromatic heterocycles. The Morgan fingerprint density at radius 2 is 1.86 bits per heavy atom. The molecule has 2 aromatic carbocycles. The van der Waals surface area contributed by atoms with Crippen LogP contribution in [0.3, 0.4) is 0 Å². The molecule has 108 valence electrons. The Morgan fingerprint density at radius 3 is 2.62 bits per heavy atom. The van der Waals surface area contributed by atoms with Crippen LogP contribution in [-0.2, 0) is 5.60 Å². The lowest BCUT2D eigenvalue weighted by Crippen LogP contribution is -2.23. The molecular formula is C16H12Cl2FNO. The lowest BCUT2D eigenvalue weighted by molar-refractivity contribution is 0.102. The Kier molecular flexibility index (Phi) is 3.44. The number of H-pyrrole nitrogens is 1. The maximum absolute atomic E-state index is 13.7. The molecule has 2 N–H and O–H groups in total. The van der Waals surface area contributed by atoms with Crippen molar-refractivity contribution in [2.24, 2.45) is 0 Å². The molecule has 21 heavy (non-hydrogen) atoms. The Bertz CT molecular complexity index is 826. The number of fused-ring (bicyclic) bond motifs is 1. The first kappa shape index (κ1) is 14.4. The van der Waals surface area contributed by atoms with E-state index in [9.17, 15) is 9.50 Å². The van der Waals surface area contributed by atoms with Gasteiger partial charge in [0.05, 0.1) is 5.02 Å². The highest BCUT2D eigenvalue weighted by molar-refractivity contribution is 6.35. The Morgan fingerprint density at radius 1 is 1.10 bits per heavy atom. The summed E-state index contributed by atoms with van der Waals surface area (Å²) in [4.78, 5) is 3.08. The zero-order valence-corrected chi connectivity index (χ0v) is 12.6. The largest absolute Gasteiger partial charge is 0.381 e. The molecule has 0 amide bonds. The summed E-state index contributed by atoms with van der Waals surface area (Å²) in [6.45, 7) is 1.58. The highest BCUT2D eigenvalue weighted by Gasteiger charge is 2.29. The summed E-state index contributed by atoms with van der Waals surface area (Å²) in [7, 11) is 0. The third-order valence-corrected chi connectivity index (χ3v) is 4.25. The molecular weight excluding hydrogens is 312 g/mol. The predicted molar refractivity (Wildman–Crippen MR) is 83.4 cm³/mol. The van der Waals surface area contributed by atoms with Gasteiger partial charge in [-0.25, -0.2) is 4.39 Å². The van der Waals surface area contributed by atoms with E-state index in [0.29, 0.717) is 5.56 Å². The number of aromatic amines is 1. The van der Waals surface area contributed by atoms with Gasteiger partial charge in [0.2, 0.25) is 0 Å². The van der Waals surface area contributed by atoms with Gasteiger partial charge in [-0.2, -0.15) is 0 Å². The van der Waals surface area contributed by atoms with Crippen molar-refractivity contribution in [1.29, 1.82) is 0 Å². The van der Waals surface area contributed by atoms with Gasteiger partial charge in [0.1, 0.15) is 11.4 Å². The fourth-order valence-corrected chi connectivity index (χ4v) is 2.97. The maximum atomic E-state index is 13.7. The van der Waals surface area contributed by atoms with Gasteiger partial charge in [0, 0.05) is 22.3 Å². The number of halogens is 3. The predicted octanol–water partition coefficient (Wildman–Crippen LogP) is 4.87. The van der Waals surface area contributed by atoms with E-state index >= 15 is 0 Å². The standard InChI is InChI=1S/C16H12Cl2FNO/c1-16(21,11-7-14(19)13(18)8-12(11)17)10-2-3-15-9(6-10)4-5-20-15/h2-8,20-21H,1H3. The minimum atomic E-state index is -1.42. The monoisotopic (exact) mass is 323 g/mol. The second-order valence-corrected chi connectivity index (χ2v) is 5.91. The summed E-state index contributed by atoms with van der Waals surface area (Å²) in [5.74, 6) is -0.612. The van der Waals surface area contributed by atoms with Crippen LogP contribution in [0.25, 0.3) is 10.9 Å². The molecule has 5 heteroatoms. The molecule has 0 aliphatic carbocycles. The van der Waals surface area contributed by atoms with E-state index in [1.54, 1.807) is 13.0 Å². The van der Waals surface area contributed by atoms with E-state index in [1.165, 1.54) is 12.1 Å². The van der Waals surface area contributed by atoms with Crippen molar-refractivity contribution < 1.29 is 9.50 Å². The van der Waals surface area contributed by atoms with Crippen LogP contribution >= 0.6 is 23.2 Å². The molecule has 0 spiro atoms. The molecule has 3 rings (SSSR count). The first-order valence-corrected chi connectivity index (χ1v) is 7.10. The van der Waals surface area contributed by atoms with E-state index < -0.39 is 11.4 Å². The molecule has 0 radical (unpaired) electrons. The van der Waals surface area contributed by atoms with Crippen LogP contribution in [0, 0.1) is 5.82 Å². The van der Waals surface area contributed by atoms with Crippen molar-refractivity contribution in [3.8, 4) is 0 Å². The summed E-state index contributed by atoms with van der Waals surface area (Å²) in [5.41, 5.74) is 0.440. The number of aliphatic hydroxyl groups is 1. The van der Waals surface area contributed by atoms with Crippen molar-refractivity contribution in [2.75, 3.05) is 0 Å². The van der Waals surface area contributed by atoms with Gasteiger partial charge < -0.3 is 10.1 Å². The van der Waals surface area contributed by atoms with Gasteiger partial charge >= 0.3 is 0 Å². The van der Waals surface area contributed by atoms with E-state index in [4.69, 9.17) is 23.2 Å². The van der Waals surface area contributed by atoms with Gasteiger partial charge in [-0.05, 0) is 48.2 Å². The Balaban J connectivity index is 2.16. The van der Waals surface area contributed by atoms with E-state index in [-0.39, 0.29) is 15.6 Å². The van der Waals surface area contributed by atoms with Crippen LogP contribution in [0.15, 0.2) is 42.6 Å². The molecule has 1 unspecified atom stereocenters. The number of hydrogen-bond donors (Lipinski definition) is 2. The fourth-order valence-electron chi connectivity index (χ4n) is 2.41. The van der Waals surface area contributed by atoms with Crippen molar-refractivity contribution in [1.82, 2.24) is 4.98 Å². The van der Waals surface area contributed by atoms with E-state index in [0.717, 1.165) is 10.9 Å². The lowest BCUT2D eigenvalue weighted by atomic mass is 9.87. The highest BCUT2D eigenvalue weighted by atomic mass is 35.5. The molecule has 0 aliphatic heterocycles. The van der Waals surface area contributed by atoms with Gasteiger partial charge in [-0.15, -0.1) is 0 Å². The van der Waals surface area contributed by atoms with Gasteiger partial charge in [0.25, 0.3) is 0 Å². The number of nitrogens with one attached hydrogen (secondary N) is 1. The molecule has 0 saturated heterocycles. The summed E-state index contributed by atoms with van der Waals surface area (Å²) in [6.07, 6.45) is 1.82. The second-order valence-electron chi connectivity index (χ2n) is 5.10. The molecule has 1 heterocycles. The summed E-state index contributed by atoms with van der Waals surface area (Å²) < 4.78 is 13.7. The summed E-state index contributed by atoms with van der Waals surface area (Å²) >= 11 is 11.8. The first-order chi connectivity index (χ1) is 9.89. The summed E-state index contributed by atoms with van der Waals surface area (Å²) in [6, 6.07) is 9.86. The van der Waals surface area contributed by atoms with Crippen LogP contribution in [0.2, 0.25) is 10.0 Å². The van der Waals surface area contributed by atoms with Crippen LogP contribution < -0.4 is 0 Å². The lowest BCUT2D eigenvalue weighted by Gasteiger charge is -2.26. The van der Waals surface area contributed by atoms with Crippen molar-refractivity contribution in [2.45, 2.75) is 12.5 Å². The zero-order valence-electron chi connectivity index (χ0n) is 11.1. The normalized spacial score (nSPS) is 14.3. The molecule has 3 aromatic rings. The minimum Gasteiger partial charge on any atom is -0.381 e. The van der Waals surface area contributed by atoms with E-state index in [2.05, 4.69) is 4.98 Å². The average Bonchev–Trinajstić information content (AvgIpc) is 2.90. The van der Waals surface area contributed by atoms with Crippen LogP contribution in [0.4, 0.5) is 4.39 Å². The van der Waals surface area contributed by atoms with Gasteiger partial charge in [-0.1, -0.05) is 29.3 Å². The average molecular weight is 324 g/mol. The van der Waals surface area contributed by atoms with Crippen LogP contribution in [0.1, 0.15) is 18.1 Å². The quantitative estimate of drug-likeness (QED) is 0.648. The Hall–Kier alpha value is -1.55. The molecule has 0 saturated carbocycles. The molecule has 2 nitrogen and oxygen atoms in total. The van der Waals surface area contributed by atoms with Gasteiger partial charge in [-0.3, -0.25) is 0 Å². The number of benzene rings is 2. The third-order valence-electron chi connectivity index (χ3n) is 3.65. The number of rotatable bonds is 2. The highest BCUT2D eigenvalue weighted by Crippen LogP contribution is 2.37. The molecule has 0 aliphatic rings. The zero-order chi connectivity index (χ0) is 15.2. The molecule has 1 atom stereocenters. The van der Waals surface area contributed by atoms with Gasteiger partial charge in [0.15, 0.2) is 0 Å². The molecule has 0 bridgehead atoms. The topological polar surface area (TPSA) is 36.0 Å². The summed E-state index contributed by atoms with van der Waals surface area (Å²) in [5, 5.41) is 12.0. The fraction of sp³-hybridized carbons (Fsp3) is 0.125. The minimum absolute atomic E-state index is 0.0689. The first-order valence-electron chi connectivity index (χ1n) is 6.34. The van der Waals surface area contributed by atoms with Crippen molar-refractivity contribution >= 4 is 34.1 Å². The van der Waals surface area contributed by atoms with Crippen molar-refractivity contribution in [3.63, 3.8) is 0 Å². The van der Waals surface area contributed by atoms with Crippen LogP contribution in [0.5, 0.6) is 0 Å². The Labute approximate surface area is 131 Å². The van der Waals surface area contributed by atoms with Crippen LogP contribution in [-0.4, -0.2) is 10.1 Å². The SMILES string of the molecule is CC(O)(c1ccc2[nH]ccc2c1)c1cc(F)c(Cl)cc1Cl. The molecule has 0 fully saturated rings. The van der Waals surface area contributed by atoms with E-state index in [1.807, 2.05) is 24.4 Å². The number of aromatic nitrogens is 1. The number of hydrogen-bond acceptors (Lipinski definition) is 1. The third kappa shape index (κ3) is 2.42. The van der Waals surface area contributed by atoms with Crippen molar-refractivity contribution in [3.05, 3.63) is 69.6 Å².